The zero-order valence-corrected chi connectivity index (χ0v) is 27.8. The minimum atomic E-state index is -1.32. The molecular formula is C33H36Cl2N6O5. The maximum atomic E-state index is 13.4. The number of carbonyl (C=O) groups is 1. The maximum absolute atomic E-state index is 13.4. The van der Waals surface area contributed by atoms with Gasteiger partial charge in [-0.3, -0.25) is 4.79 Å². The van der Waals surface area contributed by atoms with Crippen molar-refractivity contribution in [2.45, 2.75) is 32.4 Å². The molecule has 5 heterocycles. The molecule has 6 rings (SSSR count). The van der Waals surface area contributed by atoms with E-state index in [1.54, 1.807) is 29.0 Å². The summed E-state index contributed by atoms with van der Waals surface area (Å²) in [6, 6.07) is 10.9. The molecule has 1 atom stereocenters. The summed E-state index contributed by atoms with van der Waals surface area (Å²) in [6.45, 7) is 7.05. The van der Waals surface area contributed by atoms with Crippen molar-refractivity contribution in [2.24, 2.45) is 5.41 Å². The van der Waals surface area contributed by atoms with Crippen molar-refractivity contribution in [3.05, 3.63) is 74.6 Å². The Labute approximate surface area is 276 Å². The van der Waals surface area contributed by atoms with Crippen molar-refractivity contribution in [3.8, 4) is 17.4 Å². The third-order valence-corrected chi connectivity index (χ3v) is 9.37. The smallest absolute Gasteiger partial charge is 0.341 e. The van der Waals surface area contributed by atoms with Crippen molar-refractivity contribution in [3.63, 3.8) is 0 Å². The molecule has 1 N–H and O–H groups in total. The zero-order chi connectivity index (χ0) is 32.9. The lowest BCUT2D eigenvalue weighted by atomic mass is 9.91. The van der Waals surface area contributed by atoms with Gasteiger partial charge in [-0.15, -0.1) is 0 Å². The number of likely N-dealkylation sites (N-methyl/N-ethyl adjacent to an activating group) is 1. The Balaban J connectivity index is 1.38. The summed E-state index contributed by atoms with van der Waals surface area (Å²) in [5.41, 5.74) is 0.805. The first-order valence-corrected chi connectivity index (χ1v) is 15.7. The monoisotopic (exact) mass is 666 g/mol. The molecule has 2 fully saturated rings. The first kappa shape index (κ1) is 31.9. The number of carboxylic acids is 1. The Morgan fingerprint density at radius 3 is 2.54 bits per heavy atom. The molecule has 0 unspecified atom stereocenters. The summed E-state index contributed by atoms with van der Waals surface area (Å²) in [6.07, 6.45) is 3.85. The number of halogens is 2. The van der Waals surface area contributed by atoms with E-state index in [2.05, 4.69) is 52.6 Å². The number of pyridine rings is 3. The van der Waals surface area contributed by atoms with Crippen LogP contribution in [0.1, 0.15) is 30.6 Å². The molecule has 46 heavy (non-hydrogen) atoms. The molecule has 13 heteroatoms. The fourth-order valence-electron chi connectivity index (χ4n) is 6.23. The van der Waals surface area contributed by atoms with Crippen molar-refractivity contribution in [1.82, 2.24) is 19.4 Å². The highest BCUT2D eigenvalue weighted by Gasteiger charge is 2.39. The Kier molecular flexibility index (Phi) is 8.51. The zero-order valence-electron chi connectivity index (χ0n) is 26.3. The second-order valence-corrected chi connectivity index (χ2v) is 13.7. The van der Waals surface area contributed by atoms with Gasteiger partial charge < -0.3 is 33.8 Å². The number of nitrogens with zero attached hydrogens (tertiary/aromatic N) is 6. The maximum Gasteiger partial charge on any atom is 0.341 e. The van der Waals surface area contributed by atoms with Crippen molar-refractivity contribution < 1.29 is 19.4 Å². The molecule has 0 saturated carbocycles. The van der Waals surface area contributed by atoms with Crippen LogP contribution in [0.3, 0.4) is 0 Å². The molecule has 0 amide bonds. The van der Waals surface area contributed by atoms with Crippen LogP contribution < -0.4 is 24.7 Å². The quantitative estimate of drug-likeness (QED) is 0.255. The summed E-state index contributed by atoms with van der Waals surface area (Å²) < 4.78 is 13.0. The highest BCUT2D eigenvalue weighted by atomic mass is 35.5. The summed E-state index contributed by atoms with van der Waals surface area (Å²) in [4.78, 5) is 41.1. The second kappa shape index (κ2) is 12.3. The van der Waals surface area contributed by atoms with Gasteiger partial charge in [0, 0.05) is 43.3 Å². The van der Waals surface area contributed by atoms with E-state index >= 15 is 0 Å². The van der Waals surface area contributed by atoms with E-state index in [1.165, 1.54) is 13.3 Å². The molecule has 0 spiro atoms. The molecule has 0 bridgehead atoms. The van der Waals surface area contributed by atoms with Crippen LogP contribution in [0.15, 0.2) is 53.6 Å². The minimum Gasteiger partial charge on any atom is -0.481 e. The Morgan fingerprint density at radius 1 is 1.13 bits per heavy atom. The average Bonchev–Trinajstić information content (AvgIpc) is 3.30. The van der Waals surface area contributed by atoms with Crippen LogP contribution in [0.2, 0.25) is 10.0 Å². The van der Waals surface area contributed by atoms with Gasteiger partial charge in [0.2, 0.25) is 17.2 Å². The lowest BCUT2D eigenvalue weighted by Crippen LogP contribution is -2.57. The predicted molar refractivity (Wildman–Crippen MR) is 180 cm³/mol. The Bertz CT molecular complexity index is 1860. The van der Waals surface area contributed by atoms with Gasteiger partial charge in [0.05, 0.1) is 41.3 Å². The van der Waals surface area contributed by atoms with E-state index in [0.29, 0.717) is 45.4 Å². The van der Waals surface area contributed by atoms with E-state index in [-0.39, 0.29) is 34.9 Å². The number of anilines is 2. The number of benzene rings is 1. The van der Waals surface area contributed by atoms with Gasteiger partial charge in [-0.1, -0.05) is 37.0 Å². The number of aromatic carboxylic acids is 1. The van der Waals surface area contributed by atoms with Crippen LogP contribution in [0.4, 0.5) is 11.5 Å². The molecule has 4 aromatic rings. The molecular weight excluding hydrogens is 631 g/mol. The number of hydrogen-bond donors (Lipinski definition) is 1. The van der Waals surface area contributed by atoms with E-state index in [0.717, 1.165) is 25.3 Å². The van der Waals surface area contributed by atoms with Crippen molar-refractivity contribution in [2.75, 3.05) is 57.2 Å². The number of hydrogen-bond acceptors (Lipinski definition) is 9. The highest BCUT2D eigenvalue weighted by Crippen LogP contribution is 2.42. The lowest BCUT2D eigenvalue weighted by Gasteiger charge is -2.43. The van der Waals surface area contributed by atoms with Crippen LogP contribution >= 0.6 is 23.2 Å². The summed E-state index contributed by atoms with van der Waals surface area (Å²) in [7, 11) is 5.65. The molecule has 0 aliphatic carbocycles. The standard InChI is InChI=1S/C33H36Cl2N6O5/c1-33(2)12-20(17-46-31-24(34)7-9-29(37-31)45-5)41(18-33)27-11-26-22(10-25(27)35)30(42)23(32(43)44)16-40(26)19-6-8-28(36-13-19)39-14-21(15-39)38(3)4/h6-11,13,16,20-21H,12,14-15,17-18H2,1-5H3,(H,43,44)/t20-/m1/s1. The third-order valence-electron chi connectivity index (χ3n) is 8.78. The van der Waals surface area contributed by atoms with Gasteiger partial charge in [-0.25, -0.2) is 9.78 Å². The van der Waals surface area contributed by atoms with Gasteiger partial charge in [0.15, 0.2) is 0 Å². The van der Waals surface area contributed by atoms with Gasteiger partial charge in [0.25, 0.3) is 0 Å². The number of methoxy groups -OCH3 is 1. The minimum absolute atomic E-state index is 0.0764. The van der Waals surface area contributed by atoms with E-state index in [9.17, 15) is 14.7 Å². The fourth-order valence-corrected chi connectivity index (χ4v) is 6.66. The van der Waals surface area contributed by atoms with Crippen LogP contribution in [-0.4, -0.2) is 90.0 Å². The van der Waals surface area contributed by atoms with Gasteiger partial charge in [0.1, 0.15) is 23.0 Å². The highest BCUT2D eigenvalue weighted by molar-refractivity contribution is 6.34. The second-order valence-electron chi connectivity index (χ2n) is 12.9. The molecule has 3 aromatic heterocycles. The normalized spacial score (nSPS) is 17.9. The van der Waals surface area contributed by atoms with Crippen molar-refractivity contribution in [1.29, 1.82) is 0 Å². The number of rotatable bonds is 9. The molecule has 242 valence electrons. The Morgan fingerprint density at radius 2 is 1.89 bits per heavy atom. The van der Waals surface area contributed by atoms with Crippen LogP contribution in [0, 0.1) is 5.41 Å². The van der Waals surface area contributed by atoms with Gasteiger partial charge in [-0.05, 0) is 56.3 Å². The van der Waals surface area contributed by atoms with Crippen LogP contribution in [-0.2, 0) is 0 Å². The first-order valence-electron chi connectivity index (χ1n) is 14.9. The van der Waals surface area contributed by atoms with E-state index < -0.39 is 11.4 Å². The molecule has 2 saturated heterocycles. The van der Waals surface area contributed by atoms with Gasteiger partial charge >= 0.3 is 5.97 Å². The number of fused-ring (bicyclic) bond motifs is 1. The van der Waals surface area contributed by atoms with Gasteiger partial charge in [-0.2, -0.15) is 4.98 Å². The van der Waals surface area contributed by atoms with E-state index in [1.807, 2.05) is 18.2 Å². The van der Waals surface area contributed by atoms with Crippen LogP contribution in [0.25, 0.3) is 16.6 Å². The Hall–Kier alpha value is -4.06. The summed E-state index contributed by atoms with van der Waals surface area (Å²) >= 11 is 13.2. The van der Waals surface area contributed by atoms with Crippen molar-refractivity contribution >= 4 is 51.6 Å². The molecule has 2 aliphatic rings. The predicted octanol–water partition coefficient (Wildman–Crippen LogP) is 5.23. The molecule has 2 aliphatic heterocycles. The van der Waals surface area contributed by atoms with Crippen LogP contribution in [0.5, 0.6) is 11.8 Å². The first-order chi connectivity index (χ1) is 21.8. The summed E-state index contributed by atoms with van der Waals surface area (Å²) in [5, 5.41) is 10.8. The topological polar surface area (TPSA) is 113 Å². The fraction of sp³-hybridized carbons (Fsp3) is 0.394. The average molecular weight is 668 g/mol. The molecule has 11 nitrogen and oxygen atoms in total. The summed E-state index contributed by atoms with van der Waals surface area (Å²) in [5.74, 6) is 0.187. The van der Waals surface area contributed by atoms with E-state index in [4.69, 9.17) is 32.7 Å². The lowest BCUT2D eigenvalue weighted by molar-refractivity contribution is 0.0695. The third kappa shape index (κ3) is 6.06. The number of ether oxygens (including phenoxy) is 2. The molecule has 1 aromatic carbocycles. The number of carboxylic acid groups (broad SMARTS) is 1. The largest absolute Gasteiger partial charge is 0.481 e. The SMILES string of the molecule is COc1ccc(Cl)c(OC[C@H]2CC(C)(C)CN2c2cc3c(cc2Cl)c(=O)c(C(=O)O)cn3-c2ccc(N3CC(N(C)C)C3)nc2)n1. The number of aromatic nitrogens is 3. The molecule has 0 radical (unpaired) electrons.